The van der Waals surface area contributed by atoms with Gasteiger partial charge >= 0.3 is 0 Å². The molecule has 0 bridgehead atoms. The summed E-state index contributed by atoms with van der Waals surface area (Å²) in [6.45, 7) is 6.47. The Morgan fingerprint density at radius 2 is 2.08 bits per heavy atom. The summed E-state index contributed by atoms with van der Waals surface area (Å²) in [6.07, 6.45) is 1.15. The highest BCUT2D eigenvalue weighted by molar-refractivity contribution is 14.0. The van der Waals surface area contributed by atoms with Crippen molar-refractivity contribution in [3.8, 4) is 0 Å². The zero-order valence-corrected chi connectivity index (χ0v) is 16.8. The molecule has 1 unspecified atom stereocenters. The molecule has 6 heteroatoms. The van der Waals surface area contributed by atoms with Crippen molar-refractivity contribution in [2.24, 2.45) is 4.99 Å². The molecule has 5 nitrogen and oxygen atoms in total. The zero-order chi connectivity index (χ0) is 16.2. The van der Waals surface area contributed by atoms with Crippen LogP contribution in [-0.2, 0) is 6.54 Å². The lowest BCUT2D eigenvalue weighted by atomic mass is 9.99. The van der Waals surface area contributed by atoms with Gasteiger partial charge in [0.2, 0.25) is 5.89 Å². The van der Waals surface area contributed by atoms with Gasteiger partial charge in [-0.3, -0.25) is 4.99 Å². The molecular formula is C18H25IN4O. The Morgan fingerprint density at radius 1 is 1.33 bits per heavy atom. The molecule has 1 aromatic carbocycles. The minimum Gasteiger partial charge on any atom is -0.444 e. The van der Waals surface area contributed by atoms with Crippen LogP contribution >= 0.6 is 24.0 Å². The van der Waals surface area contributed by atoms with Gasteiger partial charge in [-0.15, -0.1) is 24.0 Å². The highest BCUT2D eigenvalue weighted by Crippen LogP contribution is 2.26. The number of hydrogen-bond donors (Lipinski definition) is 1. The number of likely N-dealkylation sites (tertiary alicyclic amines) is 1. The smallest absolute Gasteiger partial charge is 0.214 e. The third-order valence-electron chi connectivity index (χ3n) is 4.44. The number of rotatable bonds is 3. The van der Waals surface area contributed by atoms with Gasteiger partial charge in [0.1, 0.15) is 5.76 Å². The van der Waals surface area contributed by atoms with E-state index in [0.717, 1.165) is 36.9 Å². The van der Waals surface area contributed by atoms with Crippen molar-refractivity contribution in [2.45, 2.75) is 32.7 Å². The van der Waals surface area contributed by atoms with Gasteiger partial charge in [0.25, 0.3) is 0 Å². The van der Waals surface area contributed by atoms with Crippen LogP contribution in [0.3, 0.4) is 0 Å². The molecule has 0 amide bonds. The lowest BCUT2D eigenvalue weighted by molar-refractivity contribution is 0.446. The minimum atomic E-state index is 0. The molecule has 1 atom stereocenters. The Kier molecular flexibility index (Phi) is 6.65. The molecule has 1 aliphatic heterocycles. The SMILES string of the molecule is CN=C(NCc1nc(C)c(C)o1)N1CCC(c2ccccc2)C1.I. The van der Waals surface area contributed by atoms with Gasteiger partial charge in [-0.25, -0.2) is 4.98 Å². The first-order chi connectivity index (χ1) is 11.2. The molecule has 1 fully saturated rings. The first-order valence-corrected chi connectivity index (χ1v) is 8.11. The summed E-state index contributed by atoms with van der Waals surface area (Å²) in [6, 6.07) is 10.7. The number of benzene rings is 1. The molecule has 1 saturated heterocycles. The van der Waals surface area contributed by atoms with E-state index in [4.69, 9.17) is 4.42 Å². The Bertz CT molecular complexity index is 664. The monoisotopic (exact) mass is 440 g/mol. The molecule has 2 heterocycles. The average molecular weight is 440 g/mol. The summed E-state index contributed by atoms with van der Waals surface area (Å²) >= 11 is 0. The predicted molar refractivity (Wildman–Crippen MR) is 107 cm³/mol. The number of aryl methyl sites for hydroxylation is 2. The van der Waals surface area contributed by atoms with Gasteiger partial charge in [0, 0.05) is 26.1 Å². The van der Waals surface area contributed by atoms with Crippen LogP contribution in [0.2, 0.25) is 0 Å². The maximum Gasteiger partial charge on any atom is 0.214 e. The number of aliphatic imine (C=N–C) groups is 1. The lowest BCUT2D eigenvalue weighted by Crippen LogP contribution is -2.39. The Hall–Kier alpha value is -1.57. The fraction of sp³-hybridized carbons (Fsp3) is 0.444. The van der Waals surface area contributed by atoms with Gasteiger partial charge in [-0.05, 0) is 25.8 Å². The normalized spacial score (nSPS) is 17.7. The summed E-state index contributed by atoms with van der Waals surface area (Å²) in [5, 5.41) is 3.36. The van der Waals surface area contributed by atoms with Crippen molar-refractivity contribution in [3.63, 3.8) is 0 Å². The second-order valence-electron chi connectivity index (χ2n) is 5.99. The number of aromatic nitrogens is 1. The van der Waals surface area contributed by atoms with E-state index in [2.05, 4.69) is 50.5 Å². The summed E-state index contributed by atoms with van der Waals surface area (Å²) < 4.78 is 5.62. The summed E-state index contributed by atoms with van der Waals surface area (Å²) in [7, 11) is 1.82. The van der Waals surface area contributed by atoms with Crippen LogP contribution in [0.4, 0.5) is 0 Å². The van der Waals surface area contributed by atoms with Crippen molar-refractivity contribution in [2.75, 3.05) is 20.1 Å². The van der Waals surface area contributed by atoms with Crippen LogP contribution in [0.5, 0.6) is 0 Å². The van der Waals surface area contributed by atoms with Crippen LogP contribution in [0.1, 0.15) is 35.2 Å². The minimum absolute atomic E-state index is 0. The van der Waals surface area contributed by atoms with Crippen molar-refractivity contribution >= 4 is 29.9 Å². The molecule has 3 rings (SSSR count). The molecular weight excluding hydrogens is 415 g/mol. The molecule has 2 aromatic rings. The molecule has 0 aliphatic carbocycles. The molecule has 0 radical (unpaired) electrons. The van der Waals surface area contributed by atoms with E-state index in [1.165, 1.54) is 5.56 Å². The fourth-order valence-corrected chi connectivity index (χ4v) is 3.05. The molecule has 1 N–H and O–H groups in total. The largest absolute Gasteiger partial charge is 0.444 e. The topological polar surface area (TPSA) is 53.7 Å². The summed E-state index contributed by atoms with van der Waals surface area (Å²) in [5.74, 6) is 3.07. The summed E-state index contributed by atoms with van der Waals surface area (Å²) in [5.41, 5.74) is 2.35. The second kappa shape index (κ2) is 8.50. The highest BCUT2D eigenvalue weighted by Gasteiger charge is 2.26. The Balaban J connectivity index is 0.00000208. The number of nitrogens with one attached hydrogen (secondary N) is 1. The van der Waals surface area contributed by atoms with E-state index in [1.54, 1.807) is 0 Å². The number of guanidine groups is 1. The quantitative estimate of drug-likeness (QED) is 0.451. The van der Waals surface area contributed by atoms with Crippen molar-refractivity contribution in [1.29, 1.82) is 0 Å². The third-order valence-corrected chi connectivity index (χ3v) is 4.44. The molecule has 0 saturated carbocycles. The van der Waals surface area contributed by atoms with Crippen molar-refractivity contribution < 1.29 is 4.42 Å². The standard InChI is InChI=1S/C18H24N4O.HI/c1-13-14(2)23-17(21-13)11-20-18(19-3)22-10-9-16(12-22)15-7-5-4-6-8-15;/h4-8,16H,9-12H2,1-3H3,(H,19,20);1H. The van der Waals surface area contributed by atoms with E-state index >= 15 is 0 Å². The highest BCUT2D eigenvalue weighted by atomic mass is 127. The molecule has 0 spiro atoms. The zero-order valence-electron chi connectivity index (χ0n) is 14.5. The Morgan fingerprint density at radius 3 is 2.71 bits per heavy atom. The van der Waals surface area contributed by atoms with Crippen LogP contribution < -0.4 is 5.32 Å². The molecule has 130 valence electrons. The Labute approximate surface area is 160 Å². The molecule has 24 heavy (non-hydrogen) atoms. The van der Waals surface area contributed by atoms with Crippen molar-refractivity contribution in [3.05, 3.63) is 53.2 Å². The van der Waals surface area contributed by atoms with Gasteiger partial charge in [0.05, 0.1) is 12.2 Å². The molecule has 1 aliphatic rings. The van der Waals surface area contributed by atoms with Crippen LogP contribution in [0.15, 0.2) is 39.7 Å². The van der Waals surface area contributed by atoms with Gasteiger partial charge in [-0.2, -0.15) is 0 Å². The number of oxazole rings is 1. The van der Waals surface area contributed by atoms with Gasteiger partial charge in [-0.1, -0.05) is 30.3 Å². The lowest BCUT2D eigenvalue weighted by Gasteiger charge is -2.21. The number of nitrogens with zero attached hydrogens (tertiary/aromatic N) is 3. The van der Waals surface area contributed by atoms with Crippen molar-refractivity contribution in [1.82, 2.24) is 15.2 Å². The van der Waals surface area contributed by atoms with Gasteiger partial charge < -0.3 is 14.6 Å². The van der Waals surface area contributed by atoms with Crippen LogP contribution in [-0.4, -0.2) is 36.0 Å². The maximum absolute atomic E-state index is 5.62. The van der Waals surface area contributed by atoms with E-state index in [0.29, 0.717) is 18.4 Å². The molecule has 1 aromatic heterocycles. The predicted octanol–water partition coefficient (Wildman–Crippen LogP) is 3.47. The first-order valence-electron chi connectivity index (χ1n) is 8.11. The first kappa shape index (κ1) is 18.8. The van der Waals surface area contributed by atoms with E-state index in [-0.39, 0.29) is 24.0 Å². The fourth-order valence-electron chi connectivity index (χ4n) is 3.05. The van der Waals surface area contributed by atoms with E-state index in [1.807, 2.05) is 20.9 Å². The number of hydrogen-bond acceptors (Lipinski definition) is 3. The van der Waals surface area contributed by atoms with E-state index in [9.17, 15) is 0 Å². The van der Waals surface area contributed by atoms with Crippen LogP contribution in [0.25, 0.3) is 0 Å². The third kappa shape index (κ3) is 4.28. The van der Waals surface area contributed by atoms with Crippen LogP contribution in [0, 0.1) is 13.8 Å². The summed E-state index contributed by atoms with van der Waals surface area (Å²) in [4.78, 5) is 11.1. The van der Waals surface area contributed by atoms with Gasteiger partial charge in [0.15, 0.2) is 5.96 Å². The maximum atomic E-state index is 5.62. The van der Waals surface area contributed by atoms with E-state index < -0.39 is 0 Å². The average Bonchev–Trinajstić information content (AvgIpc) is 3.17. The number of halogens is 1. The second-order valence-corrected chi connectivity index (χ2v) is 5.99.